The number of hydrogen-bond acceptors (Lipinski definition) is 4. The first-order chi connectivity index (χ1) is 14.1. The number of aryl methyl sites for hydroxylation is 1. The van der Waals surface area contributed by atoms with Crippen molar-refractivity contribution in [2.45, 2.75) is 31.7 Å². The molecular formula is C23H25N3O3. The fourth-order valence-electron chi connectivity index (χ4n) is 4.10. The van der Waals surface area contributed by atoms with Crippen molar-refractivity contribution in [2.24, 2.45) is 5.92 Å². The van der Waals surface area contributed by atoms with E-state index in [0.717, 1.165) is 55.6 Å². The van der Waals surface area contributed by atoms with Gasteiger partial charge in [-0.05, 0) is 61.6 Å². The number of carbonyl (C=O) groups is 3. The van der Waals surface area contributed by atoms with E-state index in [2.05, 4.69) is 15.5 Å². The first-order valence-electron chi connectivity index (χ1n) is 10.1. The number of para-hydroxylation sites is 1. The molecule has 150 valence electrons. The molecule has 2 aliphatic heterocycles. The van der Waals surface area contributed by atoms with Crippen LogP contribution in [-0.4, -0.2) is 37.2 Å². The van der Waals surface area contributed by atoms with Crippen LogP contribution in [0.5, 0.6) is 0 Å². The number of nitrogens with zero attached hydrogens (tertiary/aromatic N) is 1. The first-order valence-corrected chi connectivity index (χ1v) is 10.1. The average Bonchev–Trinajstić information content (AvgIpc) is 2.92. The highest BCUT2D eigenvalue weighted by atomic mass is 16.2. The summed E-state index contributed by atoms with van der Waals surface area (Å²) in [6.45, 7) is 1.56. The third-order valence-electron chi connectivity index (χ3n) is 5.87. The minimum Gasteiger partial charge on any atom is -0.371 e. The molecule has 0 unspecified atom stereocenters. The summed E-state index contributed by atoms with van der Waals surface area (Å²) in [4.78, 5) is 38.3. The van der Waals surface area contributed by atoms with E-state index in [9.17, 15) is 14.4 Å². The van der Waals surface area contributed by atoms with Crippen molar-refractivity contribution in [3.63, 3.8) is 0 Å². The molecule has 0 bridgehead atoms. The van der Waals surface area contributed by atoms with Crippen LogP contribution in [0.3, 0.4) is 0 Å². The molecule has 0 spiro atoms. The quantitative estimate of drug-likeness (QED) is 0.786. The second-order valence-electron chi connectivity index (χ2n) is 7.72. The molecule has 4 rings (SSSR count). The molecule has 1 fully saturated rings. The maximum absolute atomic E-state index is 12.8. The van der Waals surface area contributed by atoms with Crippen molar-refractivity contribution in [1.29, 1.82) is 0 Å². The van der Waals surface area contributed by atoms with Crippen molar-refractivity contribution in [3.05, 3.63) is 59.7 Å². The Bertz CT molecular complexity index is 902. The highest BCUT2D eigenvalue weighted by Gasteiger charge is 2.30. The molecule has 2 aromatic carbocycles. The Morgan fingerprint density at radius 3 is 2.48 bits per heavy atom. The van der Waals surface area contributed by atoms with E-state index in [0.29, 0.717) is 12.0 Å². The number of aldehydes is 1. The molecule has 2 heterocycles. The molecule has 0 saturated carbocycles. The number of carbonyl (C=O) groups excluding carboxylic acids is 3. The van der Waals surface area contributed by atoms with Gasteiger partial charge in [-0.25, -0.2) is 0 Å². The molecule has 2 aromatic rings. The van der Waals surface area contributed by atoms with Crippen LogP contribution in [-0.2, 0) is 16.0 Å². The van der Waals surface area contributed by atoms with Gasteiger partial charge in [-0.2, -0.15) is 0 Å². The normalized spacial score (nSPS) is 19.7. The van der Waals surface area contributed by atoms with E-state index in [4.69, 9.17) is 0 Å². The van der Waals surface area contributed by atoms with Crippen molar-refractivity contribution in [1.82, 2.24) is 5.32 Å². The molecule has 2 aliphatic rings. The largest absolute Gasteiger partial charge is 0.371 e. The summed E-state index contributed by atoms with van der Waals surface area (Å²) in [5.74, 6) is -0.262. The number of anilines is 2. The summed E-state index contributed by atoms with van der Waals surface area (Å²) in [6.07, 6.45) is 3.69. The molecule has 0 aromatic heterocycles. The van der Waals surface area contributed by atoms with Gasteiger partial charge in [0.2, 0.25) is 11.8 Å². The van der Waals surface area contributed by atoms with E-state index in [1.54, 1.807) is 0 Å². The Balaban J connectivity index is 1.32. The first kappa shape index (κ1) is 19.2. The third kappa shape index (κ3) is 4.31. The predicted octanol–water partition coefficient (Wildman–Crippen LogP) is 2.79. The Labute approximate surface area is 170 Å². The second kappa shape index (κ2) is 8.47. The van der Waals surface area contributed by atoms with Gasteiger partial charge in [-0.3, -0.25) is 14.4 Å². The van der Waals surface area contributed by atoms with Gasteiger partial charge in [0, 0.05) is 35.9 Å². The van der Waals surface area contributed by atoms with Crippen LogP contribution in [0.1, 0.15) is 35.2 Å². The Hall–Kier alpha value is -3.15. The number of benzene rings is 2. The molecule has 29 heavy (non-hydrogen) atoms. The smallest absolute Gasteiger partial charge is 0.246 e. The zero-order chi connectivity index (χ0) is 20.2. The molecule has 0 radical (unpaired) electrons. The summed E-state index contributed by atoms with van der Waals surface area (Å²) in [5.41, 5.74) is 3.66. The number of piperidine rings is 1. The van der Waals surface area contributed by atoms with Gasteiger partial charge >= 0.3 is 0 Å². The highest BCUT2D eigenvalue weighted by molar-refractivity contribution is 5.98. The van der Waals surface area contributed by atoms with E-state index < -0.39 is 6.04 Å². The lowest BCUT2D eigenvalue weighted by atomic mass is 9.94. The lowest BCUT2D eigenvalue weighted by Crippen LogP contribution is -2.48. The van der Waals surface area contributed by atoms with Gasteiger partial charge in [0.1, 0.15) is 12.3 Å². The van der Waals surface area contributed by atoms with Crippen LogP contribution in [0.25, 0.3) is 0 Å². The molecule has 1 saturated heterocycles. The van der Waals surface area contributed by atoms with Crippen molar-refractivity contribution in [2.75, 3.05) is 23.3 Å². The number of fused-ring (bicyclic) bond motifs is 1. The van der Waals surface area contributed by atoms with E-state index in [1.165, 1.54) is 0 Å². The molecule has 2 N–H and O–H groups in total. The van der Waals surface area contributed by atoms with Crippen LogP contribution in [0, 0.1) is 5.92 Å². The average molecular weight is 391 g/mol. The molecule has 6 heteroatoms. The van der Waals surface area contributed by atoms with Crippen LogP contribution in [0.2, 0.25) is 0 Å². The predicted molar refractivity (Wildman–Crippen MR) is 112 cm³/mol. The molecule has 1 atom stereocenters. The zero-order valence-corrected chi connectivity index (χ0v) is 16.3. The monoisotopic (exact) mass is 391 g/mol. The number of hydrogen-bond donors (Lipinski definition) is 2. The standard InChI is InChI=1S/C23H25N3O3/c27-15-16-5-8-19(9-6-16)26-13-11-18(12-14-26)22(28)25-21-10-7-17-3-1-2-4-20(17)24-23(21)29/h1-6,8-9,15,18,21H,7,10-14H2,(H,24,29)(H,25,28)/t21-/m0/s1. The minimum atomic E-state index is -0.496. The van der Waals surface area contributed by atoms with Gasteiger partial charge < -0.3 is 15.5 Å². The zero-order valence-electron chi connectivity index (χ0n) is 16.3. The number of nitrogens with one attached hydrogen (secondary N) is 2. The number of rotatable bonds is 4. The fraction of sp³-hybridized carbons (Fsp3) is 0.348. The molecule has 6 nitrogen and oxygen atoms in total. The van der Waals surface area contributed by atoms with Gasteiger partial charge in [0.05, 0.1) is 0 Å². The van der Waals surface area contributed by atoms with Gasteiger partial charge in [0.15, 0.2) is 0 Å². The maximum Gasteiger partial charge on any atom is 0.246 e. The van der Waals surface area contributed by atoms with E-state index in [-0.39, 0.29) is 17.7 Å². The van der Waals surface area contributed by atoms with Gasteiger partial charge in [-0.1, -0.05) is 18.2 Å². The van der Waals surface area contributed by atoms with Gasteiger partial charge in [0.25, 0.3) is 0 Å². The van der Waals surface area contributed by atoms with Crippen LogP contribution in [0.15, 0.2) is 48.5 Å². The maximum atomic E-state index is 12.8. The second-order valence-corrected chi connectivity index (χ2v) is 7.72. The molecular weight excluding hydrogens is 366 g/mol. The molecule has 2 amide bonds. The van der Waals surface area contributed by atoms with E-state index >= 15 is 0 Å². The lowest BCUT2D eigenvalue weighted by Gasteiger charge is -2.33. The van der Waals surface area contributed by atoms with Crippen molar-refractivity contribution < 1.29 is 14.4 Å². The van der Waals surface area contributed by atoms with Crippen LogP contribution >= 0.6 is 0 Å². The van der Waals surface area contributed by atoms with Crippen LogP contribution < -0.4 is 15.5 Å². The van der Waals surface area contributed by atoms with Crippen molar-refractivity contribution >= 4 is 29.5 Å². The topological polar surface area (TPSA) is 78.5 Å². The lowest BCUT2D eigenvalue weighted by molar-refractivity contribution is -0.129. The van der Waals surface area contributed by atoms with Crippen LogP contribution in [0.4, 0.5) is 11.4 Å². The Morgan fingerprint density at radius 1 is 1.03 bits per heavy atom. The summed E-state index contributed by atoms with van der Waals surface area (Å²) < 4.78 is 0. The molecule has 0 aliphatic carbocycles. The summed E-state index contributed by atoms with van der Waals surface area (Å²) in [5, 5.41) is 5.91. The SMILES string of the molecule is O=Cc1ccc(N2CCC(C(=O)N[C@H]3CCc4ccccc4NC3=O)CC2)cc1. The van der Waals surface area contributed by atoms with Gasteiger partial charge in [-0.15, -0.1) is 0 Å². The summed E-state index contributed by atoms with van der Waals surface area (Å²) >= 11 is 0. The summed E-state index contributed by atoms with van der Waals surface area (Å²) in [7, 11) is 0. The minimum absolute atomic E-state index is 0.0351. The van der Waals surface area contributed by atoms with Crippen molar-refractivity contribution in [3.8, 4) is 0 Å². The van der Waals surface area contributed by atoms with E-state index in [1.807, 2.05) is 48.5 Å². The summed E-state index contributed by atoms with van der Waals surface area (Å²) in [6, 6.07) is 14.8. The number of amides is 2. The Morgan fingerprint density at radius 2 is 1.76 bits per heavy atom. The Kier molecular flexibility index (Phi) is 5.60. The fourth-order valence-corrected chi connectivity index (χ4v) is 4.10. The highest BCUT2D eigenvalue weighted by Crippen LogP contribution is 2.25. The third-order valence-corrected chi connectivity index (χ3v) is 5.87.